The predicted molar refractivity (Wildman–Crippen MR) is 265 cm³/mol. The highest BCUT2D eigenvalue weighted by Gasteiger charge is 2.61. The minimum Gasteiger partial charge on any atom is -0.241 e. The Balaban J connectivity index is 1.32. The fourth-order valence-corrected chi connectivity index (χ4v) is 12.5. The molecule has 8 aliphatic carbocycles. The summed E-state index contributed by atoms with van der Waals surface area (Å²) in [4.78, 5) is 0. The predicted octanol–water partition coefficient (Wildman–Crippen LogP) is 23.7. The molecule has 16 unspecified atom stereocenters. The number of alkyl halides is 10. The maximum Gasteiger partial charge on any atom is 0.196 e. The zero-order valence-electron chi connectivity index (χ0n) is 47.7. The van der Waals surface area contributed by atoms with Crippen LogP contribution < -0.4 is 0 Å². The lowest BCUT2D eigenvalue weighted by molar-refractivity contribution is 0.110. The fraction of sp³-hybridized carbons (Fsp3) is 0.279. The quantitative estimate of drug-likeness (QED) is 0.173. The van der Waals surface area contributed by atoms with E-state index in [-0.39, 0.29) is 6.92 Å². The molecule has 0 heterocycles. The van der Waals surface area contributed by atoms with Gasteiger partial charge in [-0.2, -0.15) is 0 Å². The standard InChI is InChI=1S/C61H19F41/c1-2-3(4-42(83)50(91)58(99)51(92)43(4)84)28(69)29(70)5(21(2)62)6-22(63)7(24(65)9(23(6)64)12-30(71)36(77)15(37(78)31(12)72)18-44(85)52(93)59(100)53(94)45(18)86)8-25(66)10(13-32(73)38(79)16(39(80)33(13)74)19-46(87)54(95)60(101)55(96)47(19)88)27(68)11(26(8)67)14-34(75)40(81)17(41(82)35(14)76)20-48(89)56(97)61(102)57(98)49(20)90/h9-10,13,17-19,24-25,32,40,44,46,50,56,58,61H,1H3. The van der Waals surface area contributed by atoms with Crippen LogP contribution >= 0.6 is 0 Å². The van der Waals surface area contributed by atoms with Crippen molar-refractivity contribution in [3.8, 4) is 0 Å². The van der Waals surface area contributed by atoms with Gasteiger partial charge in [-0.3, -0.25) is 0 Å². The van der Waals surface area contributed by atoms with Gasteiger partial charge in [0.05, 0.1) is 63.4 Å². The van der Waals surface area contributed by atoms with Gasteiger partial charge < -0.3 is 0 Å². The van der Waals surface area contributed by atoms with Crippen LogP contribution in [0.2, 0.25) is 0 Å². The minimum atomic E-state index is -5.40. The molecule has 0 amide bonds. The van der Waals surface area contributed by atoms with Crippen LogP contribution in [0, 0.1) is 71.3 Å². The Morgan fingerprint density at radius 3 is 0.961 bits per heavy atom. The van der Waals surface area contributed by atoms with Gasteiger partial charge in [0.25, 0.3) is 0 Å². The summed E-state index contributed by atoms with van der Waals surface area (Å²) in [6.07, 6.45) is -46.3. The third-order valence-corrected chi connectivity index (χ3v) is 17.4. The van der Waals surface area contributed by atoms with E-state index < -0.39 is 350 Å². The molecule has 0 saturated carbocycles. The molecule has 102 heavy (non-hydrogen) atoms. The summed E-state index contributed by atoms with van der Waals surface area (Å²) < 4.78 is 651. The lowest BCUT2D eigenvalue weighted by Crippen LogP contribution is -2.42. The summed E-state index contributed by atoms with van der Waals surface area (Å²) in [5.41, 5.74) is -42.3. The molecule has 0 bridgehead atoms. The SMILES string of the molecule is Cc1c(F)c(C2=C(F)C(c3c(F)c(F)c(C4C(F)=C(F)C(F)=C(F)C4F)c(F)c3F)C(F)C(C3=C(F)C(C4=C(F)C(F)C(C5=C(F)C(F)C(F)C(F)=C5F)C(F)=C4F)=C(F)C(C4C(F)=C(F)C(C5C(F)=C(F)C(F)=C(F)C5F)=C(F)C4F)C3F)=C2F)c(F)c(F)c1C1=C(F)C(F)C(F)C(F)=C1F. The summed E-state index contributed by atoms with van der Waals surface area (Å²) >= 11 is 0. The van der Waals surface area contributed by atoms with E-state index >= 15 is 127 Å². The van der Waals surface area contributed by atoms with Crippen molar-refractivity contribution in [3.05, 3.63) is 242 Å². The second-order valence-electron chi connectivity index (χ2n) is 22.5. The number of halogens is 41. The molecule has 0 spiro atoms. The van der Waals surface area contributed by atoms with E-state index in [9.17, 15) is 52.7 Å². The molecule has 550 valence electrons. The molecule has 8 aliphatic rings. The third-order valence-electron chi connectivity index (χ3n) is 17.4. The molecule has 10 rings (SSSR count). The molecule has 2 aromatic carbocycles. The zero-order valence-corrected chi connectivity index (χ0v) is 47.7. The van der Waals surface area contributed by atoms with Gasteiger partial charge in [-0.25, -0.2) is 180 Å². The number of rotatable bonds is 9. The third kappa shape index (κ3) is 10.4. The molecular formula is C61H19F41. The van der Waals surface area contributed by atoms with Gasteiger partial charge in [0.15, 0.2) is 154 Å². The molecule has 41 heteroatoms. The van der Waals surface area contributed by atoms with Crippen LogP contribution in [0.15, 0.2) is 173 Å². The first-order valence-electron chi connectivity index (χ1n) is 27.3. The van der Waals surface area contributed by atoms with Gasteiger partial charge in [-0.1, -0.05) is 0 Å². The van der Waals surface area contributed by atoms with Gasteiger partial charge in [0, 0.05) is 39.0 Å². The van der Waals surface area contributed by atoms with Crippen molar-refractivity contribution in [2.24, 2.45) is 23.7 Å². The van der Waals surface area contributed by atoms with Crippen molar-refractivity contribution < 1.29 is 180 Å². The average Bonchev–Trinajstić information content (AvgIpc) is 0.705. The summed E-state index contributed by atoms with van der Waals surface area (Å²) in [6.45, 7) is -0.259. The molecule has 0 aromatic heterocycles. The molecule has 0 aliphatic heterocycles. The van der Waals surface area contributed by atoms with Gasteiger partial charge in [0.1, 0.15) is 88.1 Å². The maximum atomic E-state index is 18.1. The fourth-order valence-electron chi connectivity index (χ4n) is 12.5. The molecule has 16 atom stereocenters. The molecular weight excluding hydrogens is 1510 g/mol. The molecule has 0 fully saturated rings. The topological polar surface area (TPSA) is 0 Å². The number of benzene rings is 2. The Bertz CT molecular complexity index is 4640. The van der Waals surface area contributed by atoms with Crippen LogP contribution in [0.4, 0.5) is 180 Å². The smallest absolute Gasteiger partial charge is 0.196 e. The first-order chi connectivity index (χ1) is 47.2. The molecule has 0 radical (unpaired) electrons. The summed E-state index contributed by atoms with van der Waals surface area (Å²) in [6, 6.07) is 0. The molecule has 2 aromatic rings. The second kappa shape index (κ2) is 26.3. The van der Waals surface area contributed by atoms with Crippen molar-refractivity contribution in [1.82, 2.24) is 0 Å². The van der Waals surface area contributed by atoms with Crippen LogP contribution in [-0.2, 0) is 0 Å². The monoisotopic (exact) mass is 1530 g/mol. The van der Waals surface area contributed by atoms with Crippen LogP contribution in [0.25, 0.3) is 11.1 Å². The number of hydrogen-bond donors (Lipinski definition) is 0. The summed E-state index contributed by atoms with van der Waals surface area (Å²) in [5, 5.41) is 0. The lowest BCUT2D eigenvalue weighted by atomic mass is 9.67. The van der Waals surface area contributed by atoms with Crippen molar-refractivity contribution in [2.75, 3.05) is 0 Å². The van der Waals surface area contributed by atoms with E-state index in [1.807, 2.05) is 0 Å². The number of hydrogen-bond acceptors (Lipinski definition) is 0. The highest BCUT2D eigenvalue weighted by molar-refractivity contribution is 5.89. The molecule has 0 saturated heterocycles. The summed E-state index contributed by atoms with van der Waals surface area (Å²) in [5.74, 6) is -137. The average molecular weight is 1530 g/mol. The van der Waals surface area contributed by atoms with Gasteiger partial charge in [0.2, 0.25) is 0 Å². The zero-order chi connectivity index (χ0) is 76.6. The van der Waals surface area contributed by atoms with E-state index in [1.54, 1.807) is 0 Å². The Morgan fingerprint density at radius 2 is 0.471 bits per heavy atom. The van der Waals surface area contributed by atoms with Gasteiger partial charge in [-0.05, 0) is 12.5 Å². The van der Waals surface area contributed by atoms with Crippen molar-refractivity contribution in [2.45, 2.75) is 80.5 Å². The molecule has 0 nitrogen and oxygen atoms in total. The lowest BCUT2D eigenvalue weighted by Gasteiger charge is -2.40. The first-order valence-corrected chi connectivity index (χ1v) is 27.3. The Labute approximate surface area is 536 Å². The van der Waals surface area contributed by atoms with Gasteiger partial charge in [-0.15, -0.1) is 0 Å². The van der Waals surface area contributed by atoms with Gasteiger partial charge >= 0.3 is 0 Å². The van der Waals surface area contributed by atoms with E-state index in [0.717, 1.165) is 0 Å². The minimum absolute atomic E-state index is 0.259. The first kappa shape index (κ1) is 76.1. The van der Waals surface area contributed by atoms with Crippen molar-refractivity contribution >= 4 is 11.1 Å². The summed E-state index contributed by atoms with van der Waals surface area (Å²) in [7, 11) is 0. The number of allylic oxidation sites excluding steroid dienone is 32. The normalized spacial score (nSPS) is 31.6. The van der Waals surface area contributed by atoms with E-state index in [4.69, 9.17) is 0 Å². The largest absolute Gasteiger partial charge is 0.241 e. The Kier molecular flexibility index (Phi) is 19.6. The molecule has 0 N–H and O–H groups in total. The maximum absolute atomic E-state index is 18.1. The highest BCUT2D eigenvalue weighted by atomic mass is 19.2. The Hall–Kier alpha value is -8.59. The van der Waals surface area contributed by atoms with Crippen molar-refractivity contribution in [3.63, 3.8) is 0 Å². The second-order valence-corrected chi connectivity index (χ2v) is 22.5. The van der Waals surface area contributed by atoms with Crippen LogP contribution in [0.5, 0.6) is 0 Å². The van der Waals surface area contributed by atoms with Crippen LogP contribution in [0.3, 0.4) is 0 Å². The van der Waals surface area contributed by atoms with E-state index in [0.29, 0.717) is 0 Å². The van der Waals surface area contributed by atoms with E-state index in [1.165, 1.54) is 0 Å². The van der Waals surface area contributed by atoms with E-state index in [2.05, 4.69) is 0 Å². The van der Waals surface area contributed by atoms with Crippen molar-refractivity contribution in [1.29, 1.82) is 0 Å². The Morgan fingerprint density at radius 1 is 0.176 bits per heavy atom. The van der Waals surface area contributed by atoms with Crippen LogP contribution in [0.1, 0.15) is 39.7 Å². The highest BCUT2D eigenvalue weighted by Crippen LogP contribution is 2.63. The van der Waals surface area contributed by atoms with Crippen LogP contribution in [-0.4, -0.2) is 61.7 Å².